The van der Waals surface area contributed by atoms with Gasteiger partial charge in [0, 0.05) is 37.6 Å². The van der Waals surface area contributed by atoms with Crippen LogP contribution in [0.3, 0.4) is 0 Å². The first-order chi connectivity index (χ1) is 10.2. The summed E-state index contributed by atoms with van der Waals surface area (Å²) < 4.78 is 0. The second-order valence-corrected chi connectivity index (χ2v) is 6.20. The Morgan fingerprint density at radius 2 is 1.86 bits per heavy atom. The molecule has 1 aromatic carbocycles. The van der Waals surface area contributed by atoms with E-state index in [9.17, 15) is 9.90 Å². The molecule has 1 saturated heterocycles. The maximum atomic E-state index is 12.4. The van der Waals surface area contributed by atoms with Crippen LogP contribution in [0, 0.1) is 0 Å². The van der Waals surface area contributed by atoms with Gasteiger partial charge >= 0.3 is 0 Å². The molecule has 1 N–H and O–H groups in total. The van der Waals surface area contributed by atoms with E-state index in [0.717, 1.165) is 19.6 Å². The number of para-hydroxylation sites is 1. The molecule has 0 bridgehead atoms. The van der Waals surface area contributed by atoms with Gasteiger partial charge in [-0.2, -0.15) is 0 Å². The number of hydrogen-bond donors (Lipinski definition) is 1. The topological polar surface area (TPSA) is 43.8 Å². The number of thiophene rings is 1. The minimum Gasteiger partial charge on any atom is -0.507 e. The maximum absolute atomic E-state index is 12.4. The number of carbonyl (C=O) groups is 1. The molecule has 0 atom stereocenters. The molecule has 4 nitrogen and oxygen atoms in total. The average molecular weight is 302 g/mol. The van der Waals surface area contributed by atoms with Crippen molar-refractivity contribution in [2.24, 2.45) is 0 Å². The van der Waals surface area contributed by atoms with E-state index in [1.54, 1.807) is 35.6 Å². The van der Waals surface area contributed by atoms with Crippen LogP contribution < -0.4 is 0 Å². The molecule has 1 fully saturated rings. The highest BCUT2D eigenvalue weighted by atomic mass is 32.1. The number of phenols is 1. The number of rotatable bonds is 3. The molecule has 1 aliphatic heterocycles. The highest BCUT2D eigenvalue weighted by molar-refractivity contribution is 7.09. The average Bonchev–Trinajstić information content (AvgIpc) is 3.01. The molecular weight excluding hydrogens is 284 g/mol. The van der Waals surface area contributed by atoms with Crippen molar-refractivity contribution in [2.75, 3.05) is 26.2 Å². The fourth-order valence-corrected chi connectivity index (χ4v) is 3.30. The van der Waals surface area contributed by atoms with E-state index >= 15 is 0 Å². The van der Waals surface area contributed by atoms with E-state index < -0.39 is 0 Å². The first-order valence-corrected chi connectivity index (χ1v) is 7.94. The Kier molecular flexibility index (Phi) is 4.22. The van der Waals surface area contributed by atoms with Crippen molar-refractivity contribution in [3.05, 3.63) is 52.2 Å². The molecule has 3 rings (SSSR count). The van der Waals surface area contributed by atoms with Crippen LogP contribution in [0.4, 0.5) is 0 Å². The zero-order valence-corrected chi connectivity index (χ0v) is 12.6. The van der Waals surface area contributed by atoms with Gasteiger partial charge in [0.05, 0.1) is 5.56 Å². The molecule has 2 heterocycles. The van der Waals surface area contributed by atoms with Crippen LogP contribution in [0.15, 0.2) is 41.8 Å². The molecule has 0 spiro atoms. The van der Waals surface area contributed by atoms with Gasteiger partial charge in [0.2, 0.25) is 0 Å². The van der Waals surface area contributed by atoms with Gasteiger partial charge < -0.3 is 10.0 Å². The summed E-state index contributed by atoms with van der Waals surface area (Å²) in [6.07, 6.45) is 0. The Morgan fingerprint density at radius 1 is 1.10 bits per heavy atom. The van der Waals surface area contributed by atoms with Gasteiger partial charge in [-0.3, -0.25) is 9.69 Å². The van der Waals surface area contributed by atoms with Gasteiger partial charge in [-0.05, 0) is 23.6 Å². The Labute approximate surface area is 128 Å². The van der Waals surface area contributed by atoms with Crippen LogP contribution in [-0.2, 0) is 6.54 Å². The lowest BCUT2D eigenvalue weighted by molar-refractivity contribution is 0.0627. The predicted octanol–water partition coefficient (Wildman–Crippen LogP) is 2.41. The first kappa shape index (κ1) is 14.1. The van der Waals surface area contributed by atoms with E-state index in [-0.39, 0.29) is 11.7 Å². The summed E-state index contributed by atoms with van der Waals surface area (Å²) in [6, 6.07) is 10.9. The summed E-state index contributed by atoms with van der Waals surface area (Å²) in [6.45, 7) is 4.11. The lowest BCUT2D eigenvalue weighted by atomic mass is 10.1. The fourth-order valence-electron chi connectivity index (χ4n) is 2.56. The molecule has 0 aliphatic carbocycles. The highest BCUT2D eigenvalue weighted by Gasteiger charge is 2.23. The molecule has 0 unspecified atom stereocenters. The Hall–Kier alpha value is -1.85. The lowest BCUT2D eigenvalue weighted by Gasteiger charge is -2.34. The summed E-state index contributed by atoms with van der Waals surface area (Å²) in [5.41, 5.74) is 0.393. The van der Waals surface area contributed by atoms with E-state index in [2.05, 4.69) is 22.4 Å². The third kappa shape index (κ3) is 3.25. The van der Waals surface area contributed by atoms with Crippen LogP contribution >= 0.6 is 11.3 Å². The van der Waals surface area contributed by atoms with Crippen molar-refractivity contribution < 1.29 is 9.90 Å². The number of nitrogens with zero attached hydrogens (tertiary/aromatic N) is 2. The summed E-state index contributed by atoms with van der Waals surface area (Å²) >= 11 is 1.77. The van der Waals surface area contributed by atoms with Crippen LogP contribution in [0.5, 0.6) is 5.75 Å². The van der Waals surface area contributed by atoms with Gasteiger partial charge in [0.25, 0.3) is 5.91 Å². The quantitative estimate of drug-likeness (QED) is 0.947. The van der Waals surface area contributed by atoms with E-state index in [4.69, 9.17) is 0 Å². The van der Waals surface area contributed by atoms with E-state index in [1.807, 2.05) is 4.90 Å². The Morgan fingerprint density at radius 3 is 2.52 bits per heavy atom. The van der Waals surface area contributed by atoms with Gasteiger partial charge in [-0.15, -0.1) is 11.3 Å². The minimum absolute atomic E-state index is 0.0588. The van der Waals surface area contributed by atoms with Crippen LogP contribution in [0.2, 0.25) is 0 Å². The van der Waals surface area contributed by atoms with Crippen molar-refractivity contribution in [1.29, 1.82) is 0 Å². The molecule has 0 radical (unpaired) electrons. The van der Waals surface area contributed by atoms with Crippen molar-refractivity contribution in [3.8, 4) is 5.75 Å². The third-order valence-corrected chi connectivity index (χ3v) is 4.61. The van der Waals surface area contributed by atoms with Gasteiger partial charge in [0.15, 0.2) is 0 Å². The number of piperazine rings is 1. The molecule has 5 heteroatoms. The third-order valence-electron chi connectivity index (χ3n) is 3.75. The number of carbonyl (C=O) groups excluding carboxylic acids is 1. The number of aromatic hydroxyl groups is 1. The van der Waals surface area contributed by atoms with Gasteiger partial charge in [-0.1, -0.05) is 18.2 Å². The molecule has 21 heavy (non-hydrogen) atoms. The van der Waals surface area contributed by atoms with Crippen molar-refractivity contribution in [3.63, 3.8) is 0 Å². The molecule has 1 amide bonds. The molecular formula is C16H18N2O2S. The zero-order valence-electron chi connectivity index (χ0n) is 11.7. The number of amides is 1. The van der Waals surface area contributed by atoms with E-state index in [0.29, 0.717) is 18.7 Å². The summed E-state index contributed by atoms with van der Waals surface area (Å²) in [4.78, 5) is 17.9. The predicted molar refractivity (Wildman–Crippen MR) is 83.6 cm³/mol. The first-order valence-electron chi connectivity index (χ1n) is 7.06. The van der Waals surface area contributed by atoms with Gasteiger partial charge in [-0.25, -0.2) is 0 Å². The number of benzene rings is 1. The van der Waals surface area contributed by atoms with E-state index in [1.165, 1.54) is 4.88 Å². The summed E-state index contributed by atoms with van der Waals surface area (Å²) in [5, 5.41) is 11.9. The highest BCUT2D eigenvalue weighted by Crippen LogP contribution is 2.19. The smallest absolute Gasteiger partial charge is 0.257 e. The second-order valence-electron chi connectivity index (χ2n) is 5.16. The molecule has 1 aromatic heterocycles. The number of hydrogen-bond acceptors (Lipinski definition) is 4. The molecule has 0 saturated carbocycles. The van der Waals surface area contributed by atoms with Gasteiger partial charge in [0.1, 0.15) is 5.75 Å². The van der Waals surface area contributed by atoms with Crippen LogP contribution in [0.25, 0.3) is 0 Å². The standard InChI is InChI=1S/C16H18N2O2S/c19-15-6-2-1-5-14(15)16(20)18-9-7-17(8-10-18)12-13-4-3-11-21-13/h1-6,11,19H,7-10,12H2. The maximum Gasteiger partial charge on any atom is 0.257 e. The minimum atomic E-state index is -0.0797. The molecule has 2 aromatic rings. The van der Waals surface area contributed by atoms with Crippen LogP contribution in [0.1, 0.15) is 15.2 Å². The zero-order chi connectivity index (χ0) is 14.7. The van der Waals surface area contributed by atoms with Crippen molar-refractivity contribution >= 4 is 17.2 Å². The Balaban J connectivity index is 1.58. The summed E-state index contributed by atoms with van der Waals surface area (Å²) in [5.74, 6) is -0.0209. The van der Waals surface area contributed by atoms with Crippen molar-refractivity contribution in [1.82, 2.24) is 9.80 Å². The fraction of sp³-hybridized carbons (Fsp3) is 0.312. The second kappa shape index (κ2) is 6.28. The van der Waals surface area contributed by atoms with Crippen molar-refractivity contribution in [2.45, 2.75) is 6.54 Å². The molecule has 110 valence electrons. The SMILES string of the molecule is O=C(c1ccccc1O)N1CCN(Cc2cccs2)CC1. The summed E-state index contributed by atoms with van der Waals surface area (Å²) in [7, 11) is 0. The molecule has 1 aliphatic rings. The van der Waals surface area contributed by atoms with Crippen LogP contribution in [-0.4, -0.2) is 47.0 Å². The monoisotopic (exact) mass is 302 g/mol. The normalized spacial score (nSPS) is 16.1. The number of phenolic OH excluding ortho intramolecular Hbond substituents is 1. The Bertz CT molecular complexity index is 604. The lowest BCUT2D eigenvalue weighted by Crippen LogP contribution is -2.48. The largest absolute Gasteiger partial charge is 0.507 e.